The lowest BCUT2D eigenvalue weighted by molar-refractivity contribution is 0.270. The zero-order chi connectivity index (χ0) is 15.2. The number of ether oxygens (including phenoxy) is 1. The Balaban J connectivity index is 2.08. The molecule has 2 aromatic rings. The maximum Gasteiger partial charge on any atom is 0.122 e. The molecule has 0 heterocycles. The number of para-hydroxylation sites is 1. The number of hydrogen-bond acceptors (Lipinski definition) is 2. The molecule has 1 N–H and O–H groups in total. The lowest BCUT2D eigenvalue weighted by Crippen LogP contribution is -2.23. The van der Waals surface area contributed by atoms with E-state index in [0.717, 1.165) is 5.75 Å². The number of benzene rings is 2. The third-order valence-corrected chi connectivity index (χ3v) is 3.77. The van der Waals surface area contributed by atoms with E-state index >= 15 is 0 Å². The zero-order valence-corrected chi connectivity index (χ0v) is 13.4. The van der Waals surface area contributed by atoms with Crippen LogP contribution >= 0.6 is 0 Å². The Labute approximate surface area is 128 Å². The van der Waals surface area contributed by atoms with Gasteiger partial charge in [0.1, 0.15) is 12.4 Å². The molecule has 2 heteroatoms. The van der Waals surface area contributed by atoms with E-state index in [1.807, 2.05) is 13.1 Å². The summed E-state index contributed by atoms with van der Waals surface area (Å²) in [6, 6.07) is 17.1. The summed E-state index contributed by atoms with van der Waals surface area (Å²) in [5, 5.41) is 3.33. The standard InChI is InChI=1S/C19H25NO/c1-14(2)17-7-5-6-8-19(17)21-13-18(20-4)16-11-9-15(3)10-12-16/h5-12,14,18,20H,13H2,1-4H3. The molecule has 0 aliphatic rings. The molecule has 0 bridgehead atoms. The van der Waals surface area contributed by atoms with Gasteiger partial charge in [-0.2, -0.15) is 0 Å². The highest BCUT2D eigenvalue weighted by molar-refractivity contribution is 5.35. The largest absolute Gasteiger partial charge is 0.491 e. The number of likely N-dealkylation sites (N-methyl/N-ethyl adjacent to an activating group) is 1. The molecule has 0 amide bonds. The van der Waals surface area contributed by atoms with Crippen molar-refractivity contribution >= 4 is 0 Å². The van der Waals surface area contributed by atoms with Gasteiger partial charge < -0.3 is 10.1 Å². The van der Waals surface area contributed by atoms with E-state index < -0.39 is 0 Å². The van der Waals surface area contributed by atoms with Gasteiger partial charge >= 0.3 is 0 Å². The Bertz CT molecular complexity index is 560. The van der Waals surface area contributed by atoms with Crippen LogP contribution < -0.4 is 10.1 Å². The second kappa shape index (κ2) is 7.28. The first-order valence-corrected chi connectivity index (χ1v) is 7.57. The first kappa shape index (κ1) is 15.6. The Morgan fingerprint density at radius 2 is 1.67 bits per heavy atom. The number of rotatable bonds is 6. The quantitative estimate of drug-likeness (QED) is 0.845. The zero-order valence-electron chi connectivity index (χ0n) is 13.4. The molecule has 0 aromatic heterocycles. The summed E-state index contributed by atoms with van der Waals surface area (Å²) < 4.78 is 6.07. The van der Waals surface area contributed by atoms with Crippen LogP contribution in [0.1, 0.15) is 42.5 Å². The Morgan fingerprint density at radius 1 is 1.00 bits per heavy atom. The second-order valence-electron chi connectivity index (χ2n) is 5.76. The van der Waals surface area contributed by atoms with E-state index in [1.54, 1.807) is 0 Å². The molecule has 0 spiro atoms. The van der Waals surface area contributed by atoms with Gasteiger partial charge in [-0.15, -0.1) is 0 Å². The minimum atomic E-state index is 0.200. The highest BCUT2D eigenvalue weighted by atomic mass is 16.5. The summed E-state index contributed by atoms with van der Waals surface area (Å²) in [6.45, 7) is 7.12. The van der Waals surface area contributed by atoms with Gasteiger partial charge in [0.25, 0.3) is 0 Å². The molecule has 2 nitrogen and oxygen atoms in total. The highest BCUT2D eigenvalue weighted by Crippen LogP contribution is 2.27. The molecule has 0 saturated heterocycles. The summed E-state index contributed by atoms with van der Waals surface area (Å²) in [5.74, 6) is 1.45. The van der Waals surface area contributed by atoms with E-state index in [1.165, 1.54) is 16.7 Å². The van der Waals surface area contributed by atoms with Crippen molar-refractivity contribution in [2.75, 3.05) is 13.7 Å². The van der Waals surface area contributed by atoms with Gasteiger partial charge in [-0.1, -0.05) is 61.9 Å². The van der Waals surface area contributed by atoms with Crippen molar-refractivity contribution in [3.8, 4) is 5.75 Å². The van der Waals surface area contributed by atoms with E-state index in [-0.39, 0.29) is 6.04 Å². The molecular weight excluding hydrogens is 258 g/mol. The number of aryl methyl sites for hydroxylation is 1. The average molecular weight is 283 g/mol. The molecule has 0 fully saturated rings. The third kappa shape index (κ3) is 4.08. The Kier molecular flexibility index (Phi) is 5.40. The molecular formula is C19H25NO. The van der Waals surface area contributed by atoms with E-state index in [4.69, 9.17) is 4.74 Å². The van der Waals surface area contributed by atoms with Crippen LogP contribution in [0.5, 0.6) is 5.75 Å². The van der Waals surface area contributed by atoms with Gasteiger partial charge in [-0.3, -0.25) is 0 Å². The molecule has 0 aliphatic heterocycles. The van der Waals surface area contributed by atoms with Crippen LogP contribution in [0, 0.1) is 6.92 Å². The van der Waals surface area contributed by atoms with Gasteiger partial charge in [0.2, 0.25) is 0 Å². The molecule has 0 saturated carbocycles. The minimum Gasteiger partial charge on any atom is -0.491 e. The summed E-state index contributed by atoms with van der Waals surface area (Å²) in [6.07, 6.45) is 0. The molecule has 0 aliphatic carbocycles. The Morgan fingerprint density at radius 3 is 2.29 bits per heavy atom. The topological polar surface area (TPSA) is 21.3 Å². The minimum absolute atomic E-state index is 0.200. The third-order valence-electron chi connectivity index (χ3n) is 3.77. The molecule has 2 rings (SSSR count). The summed E-state index contributed by atoms with van der Waals surface area (Å²) >= 11 is 0. The fourth-order valence-electron chi connectivity index (χ4n) is 2.41. The lowest BCUT2D eigenvalue weighted by Gasteiger charge is -2.20. The van der Waals surface area contributed by atoms with Crippen LogP contribution in [0.3, 0.4) is 0 Å². The predicted octanol–water partition coefficient (Wildman–Crippen LogP) is 4.46. The first-order chi connectivity index (χ1) is 10.1. The monoisotopic (exact) mass is 283 g/mol. The maximum atomic E-state index is 6.07. The molecule has 21 heavy (non-hydrogen) atoms. The molecule has 0 radical (unpaired) electrons. The fourth-order valence-corrected chi connectivity index (χ4v) is 2.41. The van der Waals surface area contributed by atoms with E-state index in [0.29, 0.717) is 12.5 Å². The van der Waals surface area contributed by atoms with Crippen LogP contribution in [0.15, 0.2) is 48.5 Å². The highest BCUT2D eigenvalue weighted by Gasteiger charge is 2.12. The molecule has 2 aromatic carbocycles. The second-order valence-corrected chi connectivity index (χ2v) is 5.76. The normalized spacial score (nSPS) is 12.4. The summed E-state index contributed by atoms with van der Waals surface area (Å²) in [5.41, 5.74) is 3.79. The van der Waals surface area contributed by atoms with Gasteiger partial charge in [0.05, 0.1) is 6.04 Å². The first-order valence-electron chi connectivity index (χ1n) is 7.57. The van der Waals surface area contributed by atoms with Crippen LogP contribution in [0.25, 0.3) is 0 Å². The SMILES string of the molecule is CNC(COc1ccccc1C(C)C)c1ccc(C)cc1. The van der Waals surface area contributed by atoms with Crippen LogP contribution in [-0.2, 0) is 0 Å². The van der Waals surface area contributed by atoms with Crippen LogP contribution in [-0.4, -0.2) is 13.7 Å². The van der Waals surface area contributed by atoms with Crippen LogP contribution in [0.2, 0.25) is 0 Å². The predicted molar refractivity (Wildman–Crippen MR) is 89.0 cm³/mol. The summed E-state index contributed by atoms with van der Waals surface area (Å²) in [7, 11) is 1.97. The fraction of sp³-hybridized carbons (Fsp3) is 0.368. The van der Waals surface area contributed by atoms with E-state index in [9.17, 15) is 0 Å². The molecule has 112 valence electrons. The van der Waals surface area contributed by atoms with Crippen molar-refractivity contribution in [2.45, 2.75) is 32.7 Å². The van der Waals surface area contributed by atoms with Crippen molar-refractivity contribution in [1.82, 2.24) is 5.32 Å². The average Bonchev–Trinajstić information content (AvgIpc) is 2.50. The number of hydrogen-bond donors (Lipinski definition) is 1. The van der Waals surface area contributed by atoms with Crippen molar-refractivity contribution in [3.63, 3.8) is 0 Å². The molecule has 1 unspecified atom stereocenters. The van der Waals surface area contributed by atoms with Crippen molar-refractivity contribution in [3.05, 3.63) is 65.2 Å². The molecule has 1 atom stereocenters. The number of nitrogens with one attached hydrogen (secondary N) is 1. The van der Waals surface area contributed by atoms with Crippen molar-refractivity contribution < 1.29 is 4.74 Å². The van der Waals surface area contributed by atoms with Crippen molar-refractivity contribution in [2.24, 2.45) is 0 Å². The van der Waals surface area contributed by atoms with Gasteiger partial charge in [0, 0.05) is 0 Å². The van der Waals surface area contributed by atoms with Gasteiger partial charge in [0.15, 0.2) is 0 Å². The smallest absolute Gasteiger partial charge is 0.122 e. The van der Waals surface area contributed by atoms with Crippen LogP contribution in [0.4, 0.5) is 0 Å². The van der Waals surface area contributed by atoms with Gasteiger partial charge in [-0.05, 0) is 37.1 Å². The van der Waals surface area contributed by atoms with Crippen molar-refractivity contribution in [1.29, 1.82) is 0 Å². The summed E-state index contributed by atoms with van der Waals surface area (Å²) in [4.78, 5) is 0. The maximum absolute atomic E-state index is 6.07. The Hall–Kier alpha value is -1.80. The lowest BCUT2D eigenvalue weighted by atomic mass is 10.0. The van der Waals surface area contributed by atoms with E-state index in [2.05, 4.69) is 68.6 Å². The van der Waals surface area contributed by atoms with Gasteiger partial charge in [-0.25, -0.2) is 0 Å².